The van der Waals surface area contributed by atoms with Crippen molar-refractivity contribution in [3.05, 3.63) is 0 Å². The van der Waals surface area contributed by atoms with E-state index in [2.05, 4.69) is 25.7 Å². The summed E-state index contributed by atoms with van der Waals surface area (Å²) in [6.45, 7) is 9.57. The van der Waals surface area contributed by atoms with Crippen LogP contribution in [0.2, 0.25) is 0 Å². The molecule has 0 aliphatic rings. The van der Waals surface area contributed by atoms with Crippen LogP contribution in [0, 0.1) is 5.92 Å². The smallest absolute Gasteiger partial charge is 0.303 e. The van der Waals surface area contributed by atoms with E-state index in [-0.39, 0.29) is 6.42 Å². The first-order chi connectivity index (χ1) is 6.60. The van der Waals surface area contributed by atoms with Gasteiger partial charge >= 0.3 is 5.97 Å². The molecule has 0 aliphatic carbocycles. The summed E-state index contributed by atoms with van der Waals surface area (Å²) >= 11 is 0. The van der Waals surface area contributed by atoms with Gasteiger partial charge < -0.3 is 10.0 Å². The van der Waals surface area contributed by atoms with E-state index >= 15 is 0 Å². The van der Waals surface area contributed by atoms with E-state index in [4.69, 9.17) is 5.11 Å². The summed E-state index contributed by atoms with van der Waals surface area (Å²) < 4.78 is 0. The summed E-state index contributed by atoms with van der Waals surface area (Å²) in [4.78, 5) is 12.7. The number of aliphatic carboxylic acids is 1. The number of carboxylic acids is 1. The fraction of sp³-hybridized carbons (Fsp3) is 0.909. The number of hydrogen-bond acceptors (Lipinski definition) is 2. The molecule has 1 unspecified atom stereocenters. The van der Waals surface area contributed by atoms with Gasteiger partial charge in [-0.25, -0.2) is 0 Å². The molecule has 14 heavy (non-hydrogen) atoms. The van der Waals surface area contributed by atoms with Crippen LogP contribution in [0.3, 0.4) is 0 Å². The van der Waals surface area contributed by atoms with Crippen LogP contribution in [0.1, 0.15) is 40.0 Å². The first kappa shape index (κ1) is 13.4. The van der Waals surface area contributed by atoms with Crippen LogP contribution in [-0.4, -0.2) is 35.6 Å². The quantitative estimate of drug-likeness (QED) is 0.654. The molecule has 0 rings (SSSR count). The Morgan fingerprint density at radius 1 is 1.43 bits per heavy atom. The van der Waals surface area contributed by atoms with E-state index in [0.29, 0.717) is 5.92 Å². The van der Waals surface area contributed by atoms with Gasteiger partial charge in [0, 0.05) is 13.0 Å². The molecule has 0 saturated carbocycles. The van der Waals surface area contributed by atoms with E-state index in [1.54, 1.807) is 0 Å². The van der Waals surface area contributed by atoms with E-state index < -0.39 is 5.97 Å². The second-order valence-corrected chi connectivity index (χ2v) is 3.90. The lowest BCUT2D eigenvalue weighted by Gasteiger charge is -2.23. The zero-order valence-corrected chi connectivity index (χ0v) is 9.62. The second kappa shape index (κ2) is 7.80. The minimum atomic E-state index is -0.690. The minimum absolute atomic E-state index is 0.289. The van der Waals surface area contributed by atoms with Crippen LogP contribution < -0.4 is 0 Å². The van der Waals surface area contributed by atoms with Gasteiger partial charge in [-0.2, -0.15) is 0 Å². The van der Waals surface area contributed by atoms with Gasteiger partial charge in [-0.3, -0.25) is 4.79 Å². The summed E-state index contributed by atoms with van der Waals surface area (Å²) in [6.07, 6.45) is 2.24. The van der Waals surface area contributed by atoms with Crippen LogP contribution in [0.4, 0.5) is 0 Å². The van der Waals surface area contributed by atoms with Crippen molar-refractivity contribution in [1.82, 2.24) is 4.90 Å². The van der Waals surface area contributed by atoms with Crippen LogP contribution in [0.15, 0.2) is 0 Å². The highest BCUT2D eigenvalue weighted by atomic mass is 16.4. The van der Waals surface area contributed by atoms with Gasteiger partial charge in [0.1, 0.15) is 0 Å². The lowest BCUT2D eigenvalue weighted by Crippen LogP contribution is -2.29. The van der Waals surface area contributed by atoms with Gasteiger partial charge in [0.05, 0.1) is 0 Å². The highest BCUT2D eigenvalue weighted by Gasteiger charge is 2.07. The van der Waals surface area contributed by atoms with Crippen molar-refractivity contribution in [2.75, 3.05) is 19.6 Å². The molecule has 0 heterocycles. The molecule has 0 aromatic heterocycles. The van der Waals surface area contributed by atoms with Crippen LogP contribution in [0.25, 0.3) is 0 Å². The molecule has 0 aromatic carbocycles. The average molecular weight is 201 g/mol. The molecule has 0 radical (unpaired) electrons. The number of rotatable bonds is 8. The highest BCUT2D eigenvalue weighted by Crippen LogP contribution is 2.05. The summed E-state index contributed by atoms with van der Waals surface area (Å²) in [5, 5.41) is 8.51. The monoisotopic (exact) mass is 201 g/mol. The topological polar surface area (TPSA) is 40.5 Å². The number of carboxylic acid groups (broad SMARTS) is 1. The number of nitrogens with zero attached hydrogens (tertiary/aromatic N) is 1. The molecule has 84 valence electrons. The van der Waals surface area contributed by atoms with Gasteiger partial charge in [0.15, 0.2) is 0 Å². The maximum atomic E-state index is 10.3. The Kier molecular flexibility index (Phi) is 7.48. The summed E-state index contributed by atoms with van der Waals surface area (Å²) in [5.41, 5.74) is 0. The lowest BCUT2D eigenvalue weighted by atomic mass is 10.1. The van der Waals surface area contributed by atoms with Crippen LogP contribution in [-0.2, 0) is 4.79 Å². The normalized spacial score (nSPS) is 13.1. The zero-order chi connectivity index (χ0) is 11.0. The van der Waals surface area contributed by atoms with Gasteiger partial charge in [-0.15, -0.1) is 0 Å². The molecule has 0 spiro atoms. The molecule has 0 aromatic rings. The zero-order valence-electron chi connectivity index (χ0n) is 9.62. The maximum absolute atomic E-state index is 10.3. The summed E-state index contributed by atoms with van der Waals surface area (Å²) in [5.74, 6) is 0.0179. The molecule has 3 heteroatoms. The van der Waals surface area contributed by atoms with Crippen molar-refractivity contribution >= 4 is 5.97 Å². The summed E-state index contributed by atoms with van der Waals surface area (Å²) in [7, 11) is 0. The Labute approximate surface area is 87.1 Å². The van der Waals surface area contributed by atoms with Crippen LogP contribution >= 0.6 is 0 Å². The van der Waals surface area contributed by atoms with Crippen molar-refractivity contribution < 1.29 is 9.90 Å². The van der Waals surface area contributed by atoms with E-state index in [1.807, 2.05) is 0 Å². The molecule has 1 N–H and O–H groups in total. The third-order valence-electron chi connectivity index (χ3n) is 2.58. The minimum Gasteiger partial charge on any atom is -0.481 e. The van der Waals surface area contributed by atoms with E-state index in [9.17, 15) is 4.79 Å². The Balaban J connectivity index is 3.62. The maximum Gasteiger partial charge on any atom is 0.303 e. The van der Waals surface area contributed by atoms with Crippen molar-refractivity contribution in [2.24, 2.45) is 5.92 Å². The highest BCUT2D eigenvalue weighted by molar-refractivity contribution is 5.66. The Hall–Kier alpha value is -0.570. The molecule has 1 atom stereocenters. The van der Waals surface area contributed by atoms with Crippen molar-refractivity contribution in [1.29, 1.82) is 0 Å². The first-order valence-corrected chi connectivity index (χ1v) is 5.54. The average Bonchev–Trinajstić information content (AvgIpc) is 2.15. The van der Waals surface area contributed by atoms with E-state index in [0.717, 1.165) is 26.1 Å². The van der Waals surface area contributed by atoms with E-state index in [1.165, 1.54) is 6.42 Å². The molecule has 3 nitrogen and oxygen atoms in total. The van der Waals surface area contributed by atoms with Crippen molar-refractivity contribution in [2.45, 2.75) is 40.0 Å². The molecule has 0 fully saturated rings. The number of carbonyl (C=O) groups is 1. The number of hydrogen-bond donors (Lipinski definition) is 1. The SMILES string of the molecule is CCC(C)CN(CC)CCCC(=O)O. The lowest BCUT2D eigenvalue weighted by molar-refractivity contribution is -0.137. The predicted octanol–water partition coefficient (Wildman–Crippen LogP) is 2.22. The van der Waals surface area contributed by atoms with Crippen molar-refractivity contribution in [3.8, 4) is 0 Å². The second-order valence-electron chi connectivity index (χ2n) is 3.90. The third-order valence-corrected chi connectivity index (χ3v) is 2.58. The molecular weight excluding hydrogens is 178 g/mol. The third kappa shape index (κ3) is 6.89. The summed E-state index contributed by atoms with van der Waals surface area (Å²) in [6, 6.07) is 0. The Bertz CT molecular complexity index is 159. The Morgan fingerprint density at radius 2 is 2.07 bits per heavy atom. The standard InChI is InChI=1S/C11H23NO2/c1-4-10(3)9-12(5-2)8-6-7-11(13)14/h10H,4-9H2,1-3H3,(H,13,14). The van der Waals surface area contributed by atoms with Gasteiger partial charge in [-0.1, -0.05) is 27.2 Å². The largest absolute Gasteiger partial charge is 0.481 e. The molecule has 0 amide bonds. The molecule has 0 aliphatic heterocycles. The van der Waals surface area contributed by atoms with Crippen molar-refractivity contribution in [3.63, 3.8) is 0 Å². The molecular formula is C11H23NO2. The van der Waals surface area contributed by atoms with Gasteiger partial charge in [0.2, 0.25) is 0 Å². The predicted molar refractivity (Wildman–Crippen MR) is 58.4 cm³/mol. The fourth-order valence-electron chi connectivity index (χ4n) is 1.40. The molecule has 0 bridgehead atoms. The molecule has 0 saturated heterocycles. The Morgan fingerprint density at radius 3 is 2.50 bits per heavy atom. The van der Waals surface area contributed by atoms with Gasteiger partial charge in [-0.05, 0) is 25.4 Å². The first-order valence-electron chi connectivity index (χ1n) is 5.54. The van der Waals surface area contributed by atoms with Crippen LogP contribution in [0.5, 0.6) is 0 Å². The van der Waals surface area contributed by atoms with Gasteiger partial charge in [0.25, 0.3) is 0 Å². The fourth-order valence-corrected chi connectivity index (χ4v) is 1.40.